The lowest BCUT2D eigenvalue weighted by Gasteiger charge is -2.11. The topological polar surface area (TPSA) is 56.1 Å². The molecule has 1 N–H and O–H groups in total. The van der Waals surface area contributed by atoms with E-state index in [1.807, 2.05) is 44.2 Å². The van der Waals surface area contributed by atoms with Crippen LogP contribution >= 0.6 is 11.6 Å². The highest BCUT2D eigenvalue weighted by Crippen LogP contribution is 2.29. The van der Waals surface area contributed by atoms with Gasteiger partial charge < -0.3 is 10.1 Å². The maximum atomic E-state index is 12.8. The van der Waals surface area contributed by atoms with E-state index in [0.29, 0.717) is 27.7 Å². The highest BCUT2D eigenvalue weighted by molar-refractivity contribution is 6.31. The molecular formula is C19H18ClN3O2. The molecule has 0 saturated heterocycles. The first-order valence-corrected chi connectivity index (χ1v) is 8.15. The van der Waals surface area contributed by atoms with E-state index in [1.165, 1.54) is 0 Å². The van der Waals surface area contributed by atoms with E-state index < -0.39 is 0 Å². The number of anilines is 1. The Morgan fingerprint density at radius 1 is 1.16 bits per heavy atom. The molecule has 1 aromatic heterocycles. The summed E-state index contributed by atoms with van der Waals surface area (Å²) in [4.78, 5) is 12.8. The van der Waals surface area contributed by atoms with Gasteiger partial charge >= 0.3 is 0 Å². The second-order valence-corrected chi connectivity index (χ2v) is 6.03. The van der Waals surface area contributed by atoms with Crippen molar-refractivity contribution >= 4 is 23.2 Å². The lowest BCUT2D eigenvalue weighted by molar-refractivity contribution is 0.102. The van der Waals surface area contributed by atoms with E-state index in [4.69, 9.17) is 16.3 Å². The summed E-state index contributed by atoms with van der Waals surface area (Å²) in [5.74, 6) is 0.293. The minimum Gasteiger partial charge on any atom is -0.495 e. The summed E-state index contributed by atoms with van der Waals surface area (Å²) in [6.07, 6.45) is 0. The Morgan fingerprint density at radius 2 is 1.88 bits per heavy atom. The number of amides is 1. The third-order valence-electron chi connectivity index (χ3n) is 3.93. The van der Waals surface area contributed by atoms with E-state index in [0.717, 1.165) is 11.4 Å². The van der Waals surface area contributed by atoms with Crippen molar-refractivity contribution in [3.63, 3.8) is 0 Å². The van der Waals surface area contributed by atoms with Crippen molar-refractivity contribution in [1.29, 1.82) is 0 Å². The van der Waals surface area contributed by atoms with Crippen molar-refractivity contribution in [2.75, 3.05) is 12.4 Å². The second-order valence-electron chi connectivity index (χ2n) is 5.59. The Bertz CT molecular complexity index is 920. The number of hydrogen-bond donors (Lipinski definition) is 1. The first-order valence-electron chi connectivity index (χ1n) is 7.78. The van der Waals surface area contributed by atoms with Crippen LogP contribution in [0.4, 0.5) is 5.69 Å². The lowest BCUT2D eigenvalue weighted by Crippen LogP contribution is -2.14. The van der Waals surface area contributed by atoms with Gasteiger partial charge in [-0.05, 0) is 44.2 Å². The van der Waals surface area contributed by atoms with Crippen molar-refractivity contribution in [2.24, 2.45) is 0 Å². The maximum absolute atomic E-state index is 12.8. The van der Waals surface area contributed by atoms with Gasteiger partial charge in [0.15, 0.2) is 0 Å². The normalized spacial score (nSPS) is 10.6. The highest BCUT2D eigenvalue weighted by atomic mass is 35.5. The molecular weight excluding hydrogens is 338 g/mol. The van der Waals surface area contributed by atoms with Gasteiger partial charge in [-0.2, -0.15) is 5.10 Å². The molecule has 1 heterocycles. The number of nitrogens with zero attached hydrogens (tertiary/aromatic N) is 2. The summed E-state index contributed by atoms with van der Waals surface area (Å²) >= 11 is 6.03. The number of rotatable bonds is 4. The van der Waals surface area contributed by atoms with Gasteiger partial charge in [-0.15, -0.1) is 0 Å². The monoisotopic (exact) mass is 355 g/mol. The first kappa shape index (κ1) is 17.0. The van der Waals surface area contributed by atoms with Gasteiger partial charge in [-0.3, -0.25) is 4.79 Å². The minimum absolute atomic E-state index is 0.252. The molecule has 0 spiro atoms. The van der Waals surface area contributed by atoms with Crippen molar-refractivity contribution in [2.45, 2.75) is 13.8 Å². The zero-order valence-electron chi connectivity index (χ0n) is 14.2. The predicted molar refractivity (Wildman–Crippen MR) is 99.0 cm³/mol. The molecule has 3 aromatic rings. The summed E-state index contributed by atoms with van der Waals surface area (Å²) in [6, 6.07) is 14.8. The second kappa shape index (κ2) is 6.99. The summed E-state index contributed by atoms with van der Waals surface area (Å²) in [5, 5.41) is 7.88. The molecule has 0 aliphatic heterocycles. The zero-order chi connectivity index (χ0) is 18.0. The molecule has 0 aliphatic carbocycles. The average Bonchev–Trinajstić information content (AvgIpc) is 2.90. The smallest absolute Gasteiger partial charge is 0.259 e. The minimum atomic E-state index is -0.252. The van der Waals surface area contributed by atoms with Crippen LogP contribution in [-0.4, -0.2) is 22.8 Å². The maximum Gasteiger partial charge on any atom is 0.259 e. The summed E-state index contributed by atoms with van der Waals surface area (Å²) in [5.41, 5.74) is 3.38. The Hall–Kier alpha value is -2.79. The molecule has 0 aliphatic rings. The molecule has 0 unspecified atom stereocenters. The third kappa shape index (κ3) is 3.37. The predicted octanol–water partition coefficient (Wildman–Crippen LogP) is 4.40. The van der Waals surface area contributed by atoms with Gasteiger partial charge in [-0.25, -0.2) is 4.68 Å². The van der Waals surface area contributed by atoms with E-state index in [-0.39, 0.29) is 5.91 Å². The number of benzene rings is 2. The number of para-hydroxylation sites is 1. The van der Waals surface area contributed by atoms with Gasteiger partial charge in [0.05, 0.1) is 35.4 Å². The molecule has 3 rings (SSSR count). The number of halogens is 1. The first-order chi connectivity index (χ1) is 12.0. The fourth-order valence-corrected chi connectivity index (χ4v) is 2.93. The van der Waals surface area contributed by atoms with Gasteiger partial charge in [0, 0.05) is 5.02 Å². The van der Waals surface area contributed by atoms with Crippen molar-refractivity contribution in [1.82, 2.24) is 9.78 Å². The SMILES string of the molecule is COc1ccc(Cl)cc1NC(=O)c1c(C)nn(-c2ccccc2)c1C. The van der Waals surface area contributed by atoms with Gasteiger partial charge in [0.1, 0.15) is 5.75 Å². The number of hydrogen-bond acceptors (Lipinski definition) is 3. The van der Waals surface area contributed by atoms with Crippen LogP contribution in [0.3, 0.4) is 0 Å². The van der Waals surface area contributed by atoms with Crippen LogP contribution in [0.25, 0.3) is 5.69 Å². The number of nitrogens with one attached hydrogen (secondary N) is 1. The molecule has 128 valence electrons. The largest absolute Gasteiger partial charge is 0.495 e. The quantitative estimate of drug-likeness (QED) is 0.754. The molecule has 25 heavy (non-hydrogen) atoms. The van der Waals surface area contributed by atoms with Crippen LogP contribution in [0, 0.1) is 13.8 Å². The molecule has 6 heteroatoms. The number of ether oxygens (including phenoxy) is 1. The van der Waals surface area contributed by atoms with Crippen LogP contribution in [-0.2, 0) is 0 Å². The number of aryl methyl sites for hydroxylation is 1. The number of carbonyl (C=O) groups excluding carboxylic acids is 1. The fraction of sp³-hybridized carbons (Fsp3) is 0.158. The van der Waals surface area contributed by atoms with E-state index in [2.05, 4.69) is 10.4 Å². The molecule has 0 saturated carbocycles. The van der Waals surface area contributed by atoms with Gasteiger partial charge in [0.25, 0.3) is 5.91 Å². The number of carbonyl (C=O) groups is 1. The van der Waals surface area contributed by atoms with Gasteiger partial charge in [-0.1, -0.05) is 29.8 Å². The van der Waals surface area contributed by atoms with Gasteiger partial charge in [0.2, 0.25) is 0 Å². The molecule has 0 radical (unpaired) electrons. The molecule has 0 bridgehead atoms. The van der Waals surface area contributed by atoms with Crippen LogP contribution in [0.2, 0.25) is 5.02 Å². The third-order valence-corrected chi connectivity index (χ3v) is 4.16. The molecule has 0 fully saturated rings. The average molecular weight is 356 g/mol. The van der Waals surface area contributed by atoms with E-state index in [9.17, 15) is 4.79 Å². The van der Waals surface area contributed by atoms with Crippen LogP contribution in [0.1, 0.15) is 21.7 Å². The number of methoxy groups -OCH3 is 1. The Balaban J connectivity index is 1.96. The molecule has 1 amide bonds. The molecule has 2 aromatic carbocycles. The summed E-state index contributed by atoms with van der Waals surface area (Å²) in [7, 11) is 1.54. The van der Waals surface area contributed by atoms with Crippen LogP contribution in [0.5, 0.6) is 5.75 Å². The van der Waals surface area contributed by atoms with Crippen molar-refractivity contribution in [3.05, 3.63) is 70.5 Å². The summed E-state index contributed by atoms with van der Waals surface area (Å²) in [6.45, 7) is 3.69. The van der Waals surface area contributed by atoms with E-state index >= 15 is 0 Å². The van der Waals surface area contributed by atoms with Crippen molar-refractivity contribution < 1.29 is 9.53 Å². The highest BCUT2D eigenvalue weighted by Gasteiger charge is 2.20. The Kier molecular flexibility index (Phi) is 4.76. The lowest BCUT2D eigenvalue weighted by atomic mass is 10.1. The van der Waals surface area contributed by atoms with Crippen LogP contribution < -0.4 is 10.1 Å². The summed E-state index contributed by atoms with van der Waals surface area (Å²) < 4.78 is 7.04. The molecule has 5 nitrogen and oxygen atoms in total. The Labute approximate surface area is 151 Å². The van der Waals surface area contributed by atoms with Crippen molar-refractivity contribution in [3.8, 4) is 11.4 Å². The standard InChI is InChI=1S/C19H18ClN3O2/c1-12-18(13(2)23(22-12)15-7-5-4-6-8-15)19(24)21-16-11-14(20)9-10-17(16)25-3/h4-11H,1-3H3,(H,21,24). The zero-order valence-corrected chi connectivity index (χ0v) is 15.0. The van der Waals surface area contributed by atoms with Crippen LogP contribution in [0.15, 0.2) is 48.5 Å². The van der Waals surface area contributed by atoms with E-state index in [1.54, 1.807) is 30.0 Å². The molecule has 0 atom stereocenters. The number of aromatic nitrogens is 2. The fourth-order valence-electron chi connectivity index (χ4n) is 2.75. The Morgan fingerprint density at radius 3 is 2.56 bits per heavy atom.